The van der Waals surface area contributed by atoms with Crippen LogP contribution in [-0.4, -0.2) is 50.7 Å². The molecule has 7 nitrogen and oxygen atoms in total. The minimum atomic E-state index is -0.635. The van der Waals surface area contributed by atoms with Gasteiger partial charge in [-0.1, -0.05) is 0 Å². The van der Waals surface area contributed by atoms with Gasteiger partial charge in [-0.05, 0) is 13.8 Å². The van der Waals surface area contributed by atoms with E-state index in [0.29, 0.717) is 0 Å². The summed E-state index contributed by atoms with van der Waals surface area (Å²) < 4.78 is 12.0. The molecule has 7 heteroatoms. The van der Waals surface area contributed by atoms with E-state index in [1.165, 1.54) is 0 Å². The number of rotatable bonds is 2. The van der Waals surface area contributed by atoms with Crippen LogP contribution in [0.4, 0.5) is 0 Å². The third-order valence-electron chi connectivity index (χ3n) is 4.18. The molecule has 0 radical (unpaired) electrons. The van der Waals surface area contributed by atoms with Crippen molar-refractivity contribution in [2.75, 3.05) is 6.61 Å². The van der Waals surface area contributed by atoms with Gasteiger partial charge in [0.25, 0.3) is 0 Å². The Labute approximate surface area is 122 Å². The lowest BCUT2D eigenvalue weighted by Gasteiger charge is -2.24. The summed E-state index contributed by atoms with van der Waals surface area (Å²) in [5.74, 6) is -0.635. The van der Waals surface area contributed by atoms with Crippen LogP contribution in [-0.2, 0) is 9.47 Å². The second-order valence-corrected chi connectivity index (χ2v) is 6.02. The number of fused-ring (bicyclic) bond motifs is 2. The summed E-state index contributed by atoms with van der Waals surface area (Å²) in [5.41, 5.74) is 2.77. The molecule has 0 aromatic carbocycles. The van der Waals surface area contributed by atoms with Gasteiger partial charge in [-0.15, -0.1) is 0 Å². The van der Waals surface area contributed by atoms with Gasteiger partial charge in [-0.2, -0.15) is 0 Å². The van der Waals surface area contributed by atoms with Crippen molar-refractivity contribution >= 4 is 0 Å². The van der Waals surface area contributed by atoms with E-state index < -0.39 is 5.79 Å². The molecule has 0 amide bonds. The largest absolute Gasteiger partial charge is 0.395 e. The van der Waals surface area contributed by atoms with E-state index in [2.05, 4.69) is 20.3 Å². The highest BCUT2D eigenvalue weighted by Crippen LogP contribution is 2.43. The molecule has 0 spiro atoms. The van der Waals surface area contributed by atoms with Crippen molar-refractivity contribution in [3.63, 3.8) is 0 Å². The number of aliphatic hydroxyl groups excluding tert-OH is 1. The summed E-state index contributed by atoms with van der Waals surface area (Å²) in [6.07, 6.45) is 4.88. The Balaban J connectivity index is 1.72. The molecule has 4 aliphatic heterocycles. The first-order chi connectivity index (χ1) is 10.1. The molecule has 0 aromatic rings. The maximum absolute atomic E-state index is 9.58. The van der Waals surface area contributed by atoms with Crippen molar-refractivity contribution in [3.8, 4) is 11.4 Å². The molecule has 0 bridgehead atoms. The minimum Gasteiger partial charge on any atom is -0.395 e. The Kier molecular flexibility index (Phi) is 2.80. The summed E-state index contributed by atoms with van der Waals surface area (Å²) >= 11 is 0. The van der Waals surface area contributed by atoms with Crippen molar-refractivity contribution in [2.24, 2.45) is 0 Å². The Morgan fingerprint density at radius 2 is 2.10 bits per heavy atom. The number of nitrogens with one attached hydrogen (secondary N) is 2. The Morgan fingerprint density at radius 1 is 1.29 bits per heavy atom. The van der Waals surface area contributed by atoms with Crippen molar-refractivity contribution in [2.45, 2.75) is 43.9 Å². The lowest BCUT2D eigenvalue weighted by atomic mass is 10.0. The van der Waals surface area contributed by atoms with E-state index in [1.807, 2.05) is 20.0 Å². The number of nitrogens with zero attached hydrogens (tertiary/aromatic N) is 2. The van der Waals surface area contributed by atoms with Crippen LogP contribution >= 0.6 is 0 Å². The maximum Gasteiger partial charge on any atom is 0.163 e. The molecule has 3 N–H and O–H groups in total. The van der Waals surface area contributed by atoms with E-state index in [9.17, 15) is 5.11 Å². The van der Waals surface area contributed by atoms with Gasteiger partial charge in [0.1, 0.15) is 17.9 Å². The van der Waals surface area contributed by atoms with Gasteiger partial charge >= 0.3 is 0 Å². The van der Waals surface area contributed by atoms with Crippen LogP contribution in [0.15, 0.2) is 18.7 Å². The number of aromatic nitrogens is 3. The first kappa shape index (κ1) is 13.1. The fourth-order valence-corrected chi connectivity index (χ4v) is 3.35. The van der Waals surface area contributed by atoms with Crippen molar-refractivity contribution in [3.05, 3.63) is 24.3 Å². The molecule has 0 saturated carbocycles. The lowest BCUT2D eigenvalue weighted by Crippen LogP contribution is -2.38. The second-order valence-electron chi connectivity index (χ2n) is 6.02. The van der Waals surface area contributed by atoms with Crippen LogP contribution in [0.3, 0.4) is 0 Å². The summed E-state index contributed by atoms with van der Waals surface area (Å²) in [5, 5.41) is 13.0. The smallest absolute Gasteiger partial charge is 0.163 e. The lowest BCUT2D eigenvalue weighted by molar-refractivity contribution is -0.157. The Bertz CT molecular complexity index is 629. The summed E-state index contributed by atoms with van der Waals surface area (Å²) in [4.78, 5) is 11.5. The predicted molar refractivity (Wildman–Crippen MR) is 73.6 cm³/mol. The molecule has 4 atom stereocenters. The molecular weight excluding hydrogens is 272 g/mol. The molecule has 2 fully saturated rings. The molecule has 0 aliphatic carbocycles. The molecular formula is C14H18N4O3. The normalized spacial score (nSPS) is 34.4. The van der Waals surface area contributed by atoms with Gasteiger partial charge in [0.15, 0.2) is 5.79 Å². The number of hydrogen-bond acceptors (Lipinski definition) is 6. The van der Waals surface area contributed by atoms with E-state index >= 15 is 0 Å². The minimum absolute atomic E-state index is 0.00838. The molecule has 4 aliphatic rings. The van der Waals surface area contributed by atoms with Gasteiger partial charge in [0.05, 0.1) is 36.9 Å². The first-order valence-electron chi connectivity index (χ1n) is 7.08. The van der Waals surface area contributed by atoms with E-state index in [1.54, 1.807) is 12.5 Å². The Hall–Kier alpha value is -1.54. The fraction of sp³-hybridized carbons (Fsp3) is 0.571. The molecule has 0 unspecified atom stereocenters. The molecule has 4 rings (SSSR count). The number of aromatic amines is 1. The predicted octanol–water partition coefficient (Wildman–Crippen LogP) is 0.435. The topological polar surface area (TPSA) is 92.3 Å². The first-order valence-corrected chi connectivity index (χ1v) is 7.08. The Morgan fingerprint density at radius 3 is 2.90 bits per heavy atom. The third kappa shape index (κ3) is 1.96. The highest BCUT2D eigenvalue weighted by molar-refractivity contribution is 5.61. The zero-order chi connectivity index (χ0) is 14.6. The monoisotopic (exact) mass is 290 g/mol. The quantitative estimate of drug-likeness (QED) is 0.743. The fourth-order valence-electron chi connectivity index (χ4n) is 3.35. The molecule has 0 aromatic heterocycles. The van der Waals surface area contributed by atoms with E-state index in [0.717, 1.165) is 17.0 Å². The molecule has 4 heterocycles. The van der Waals surface area contributed by atoms with Crippen LogP contribution in [0, 0.1) is 0 Å². The van der Waals surface area contributed by atoms with Crippen LogP contribution in [0.5, 0.6) is 0 Å². The summed E-state index contributed by atoms with van der Waals surface area (Å²) in [6.45, 7) is 3.80. The van der Waals surface area contributed by atoms with Gasteiger partial charge in [0.2, 0.25) is 0 Å². The maximum atomic E-state index is 9.58. The third-order valence-corrected chi connectivity index (χ3v) is 4.18. The zero-order valence-corrected chi connectivity index (χ0v) is 11.9. The molecule has 2 saturated heterocycles. The zero-order valence-electron chi connectivity index (χ0n) is 11.9. The average molecular weight is 290 g/mol. The number of aliphatic hydroxyl groups is 1. The van der Waals surface area contributed by atoms with Gasteiger partial charge in [0, 0.05) is 11.8 Å². The highest BCUT2D eigenvalue weighted by atomic mass is 16.8. The van der Waals surface area contributed by atoms with Gasteiger partial charge in [-0.3, -0.25) is 4.98 Å². The van der Waals surface area contributed by atoms with E-state index in [4.69, 9.17) is 9.47 Å². The van der Waals surface area contributed by atoms with Crippen LogP contribution in [0.1, 0.15) is 25.5 Å². The summed E-state index contributed by atoms with van der Waals surface area (Å²) in [7, 11) is 0. The van der Waals surface area contributed by atoms with Crippen LogP contribution in [0.25, 0.3) is 11.4 Å². The van der Waals surface area contributed by atoms with Crippen LogP contribution < -0.4 is 5.32 Å². The number of ether oxygens (including phenoxy) is 2. The average Bonchev–Trinajstić information content (AvgIpc) is 3.09. The second kappa shape index (κ2) is 4.48. The standard InChI is InChI=1S/C14H18N4O3/c1-14(2)20-12-9(5-19)18-11(13(12)21-14)7-3-16-8-4-15-6-17-10(7)8/h3-4,6,9,11-13,18-19H,5H2,1-2H3,(H,15,17)/t9-,11+,12-,13+/m1/s1. The SMILES string of the molecule is CC1(C)O[C@@H]2[C@H](O1)[C@@H](CO)N[C@H]2c1cnc2cnc[nH]c1-2. The van der Waals surface area contributed by atoms with Crippen molar-refractivity contribution < 1.29 is 14.6 Å². The van der Waals surface area contributed by atoms with Crippen molar-refractivity contribution in [1.29, 1.82) is 0 Å². The molecule has 21 heavy (non-hydrogen) atoms. The number of hydrogen-bond donors (Lipinski definition) is 3. The van der Waals surface area contributed by atoms with Gasteiger partial charge < -0.3 is 24.9 Å². The van der Waals surface area contributed by atoms with E-state index in [-0.39, 0.29) is 30.9 Å². The number of H-pyrrole nitrogens is 1. The van der Waals surface area contributed by atoms with Crippen LogP contribution in [0.2, 0.25) is 0 Å². The highest BCUT2D eigenvalue weighted by Gasteiger charge is 2.54. The van der Waals surface area contributed by atoms with Crippen molar-refractivity contribution in [1.82, 2.24) is 20.3 Å². The molecule has 112 valence electrons. The van der Waals surface area contributed by atoms with Gasteiger partial charge in [-0.25, -0.2) is 4.98 Å². The summed E-state index contributed by atoms with van der Waals surface area (Å²) in [6, 6.07) is -0.217.